The van der Waals surface area contributed by atoms with E-state index >= 15 is 0 Å². The Morgan fingerprint density at radius 3 is 2.90 bits per heavy atom. The minimum absolute atomic E-state index is 0.153. The first kappa shape index (κ1) is 13.3. The van der Waals surface area contributed by atoms with Gasteiger partial charge in [-0.25, -0.2) is 0 Å². The Bertz CT molecular complexity index is 681. The minimum Gasteiger partial charge on any atom is -0.454 e. The number of ether oxygens (including phenoxy) is 2. The number of aryl methyl sites for hydroxylation is 1. The number of rotatable bonds is 4. The van der Waals surface area contributed by atoms with Crippen molar-refractivity contribution in [1.82, 2.24) is 15.1 Å². The van der Waals surface area contributed by atoms with Crippen molar-refractivity contribution in [3.05, 3.63) is 35.7 Å². The van der Waals surface area contributed by atoms with E-state index in [1.807, 2.05) is 13.1 Å². The van der Waals surface area contributed by atoms with Crippen molar-refractivity contribution in [1.29, 1.82) is 0 Å². The lowest BCUT2D eigenvalue weighted by Gasteiger charge is -2.09. The average molecular weight is 288 g/mol. The molecule has 0 unspecified atom stereocenters. The lowest BCUT2D eigenvalue weighted by Crippen LogP contribution is -2.27. The molecule has 0 spiro atoms. The summed E-state index contributed by atoms with van der Waals surface area (Å²) < 4.78 is 12.2. The average Bonchev–Trinajstić information content (AvgIpc) is 3.06. The van der Waals surface area contributed by atoms with Crippen LogP contribution in [0.1, 0.15) is 16.1 Å². The van der Waals surface area contributed by atoms with Gasteiger partial charge in [0.25, 0.3) is 5.91 Å². The molecule has 0 fully saturated rings. The second-order valence-corrected chi connectivity index (χ2v) is 4.74. The summed E-state index contributed by atoms with van der Waals surface area (Å²) in [5, 5.41) is 6.92. The fraction of sp³-hybridized carbons (Fsp3) is 0.286. The van der Waals surface area contributed by atoms with Gasteiger partial charge in [0, 0.05) is 43.7 Å². The summed E-state index contributed by atoms with van der Waals surface area (Å²) in [6, 6.07) is 5.14. The molecule has 0 saturated carbocycles. The van der Waals surface area contributed by atoms with Gasteiger partial charge in [-0.3, -0.25) is 9.48 Å². The normalized spacial score (nSPS) is 12.4. The summed E-state index contributed by atoms with van der Waals surface area (Å²) in [4.78, 5) is 12.2. The molecule has 1 aromatic carbocycles. The third kappa shape index (κ3) is 2.62. The fourth-order valence-electron chi connectivity index (χ4n) is 2.20. The van der Waals surface area contributed by atoms with Crippen LogP contribution in [0.5, 0.6) is 11.5 Å². The molecule has 0 bridgehead atoms. The van der Waals surface area contributed by atoms with Gasteiger partial charge in [0.15, 0.2) is 11.5 Å². The quantitative estimate of drug-likeness (QED) is 0.808. The van der Waals surface area contributed by atoms with E-state index in [9.17, 15) is 4.79 Å². The van der Waals surface area contributed by atoms with Crippen LogP contribution in [0, 0.1) is 0 Å². The zero-order valence-corrected chi connectivity index (χ0v) is 11.6. The molecule has 1 aliphatic heterocycles. The molecule has 1 aliphatic rings. The van der Waals surface area contributed by atoms with E-state index in [1.54, 1.807) is 23.0 Å². The summed E-state index contributed by atoms with van der Waals surface area (Å²) in [6.07, 6.45) is 2.43. The maximum atomic E-state index is 12.2. The Hall–Kier alpha value is -2.70. The van der Waals surface area contributed by atoms with E-state index in [2.05, 4.69) is 10.4 Å². The van der Waals surface area contributed by atoms with Gasteiger partial charge in [-0.05, 0) is 12.1 Å². The fourth-order valence-corrected chi connectivity index (χ4v) is 2.20. The van der Waals surface area contributed by atoms with Crippen molar-refractivity contribution < 1.29 is 14.3 Å². The molecule has 0 saturated heterocycles. The smallest absolute Gasteiger partial charge is 0.253 e. The molecule has 3 rings (SSSR count). The Kier molecular flexibility index (Phi) is 3.39. The van der Waals surface area contributed by atoms with Crippen LogP contribution in [-0.4, -0.2) is 29.0 Å². The number of anilines is 1. The van der Waals surface area contributed by atoms with Crippen LogP contribution in [0.4, 0.5) is 5.69 Å². The van der Waals surface area contributed by atoms with Gasteiger partial charge in [-0.15, -0.1) is 0 Å². The molecule has 21 heavy (non-hydrogen) atoms. The first-order valence-electron chi connectivity index (χ1n) is 6.59. The lowest BCUT2D eigenvalue weighted by atomic mass is 10.1. The van der Waals surface area contributed by atoms with Crippen molar-refractivity contribution in [2.45, 2.75) is 6.42 Å². The Balaban J connectivity index is 1.64. The second kappa shape index (κ2) is 5.35. The summed E-state index contributed by atoms with van der Waals surface area (Å²) in [5.41, 5.74) is 7.69. The molecule has 0 aliphatic carbocycles. The highest BCUT2D eigenvalue weighted by Crippen LogP contribution is 2.35. The van der Waals surface area contributed by atoms with Crippen LogP contribution in [0.2, 0.25) is 0 Å². The molecule has 1 aromatic heterocycles. The number of carbonyl (C=O) groups excluding carboxylic acids is 1. The van der Waals surface area contributed by atoms with Crippen LogP contribution in [0.15, 0.2) is 24.4 Å². The molecular formula is C14H16N4O3. The molecule has 0 radical (unpaired) electrons. The largest absolute Gasteiger partial charge is 0.454 e. The Labute approximate surface area is 121 Å². The van der Waals surface area contributed by atoms with Crippen molar-refractivity contribution >= 4 is 11.6 Å². The number of carbonyl (C=O) groups is 1. The second-order valence-electron chi connectivity index (χ2n) is 4.74. The standard InChI is InChI=1S/C14H16N4O3/c1-18-9(3-5-17-18)2-4-16-14(19)10-6-12-13(7-11(10)15)21-8-20-12/h3,5-7H,2,4,8,15H2,1H3,(H,16,19). The summed E-state index contributed by atoms with van der Waals surface area (Å²) in [6.45, 7) is 0.659. The van der Waals surface area contributed by atoms with Crippen LogP contribution in [0.3, 0.4) is 0 Å². The molecule has 7 heteroatoms. The van der Waals surface area contributed by atoms with Crippen molar-refractivity contribution in [2.75, 3.05) is 19.1 Å². The third-order valence-electron chi connectivity index (χ3n) is 3.38. The number of aromatic nitrogens is 2. The van der Waals surface area contributed by atoms with Gasteiger partial charge in [-0.2, -0.15) is 5.10 Å². The van der Waals surface area contributed by atoms with Gasteiger partial charge >= 0.3 is 0 Å². The zero-order valence-electron chi connectivity index (χ0n) is 11.6. The predicted molar refractivity (Wildman–Crippen MR) is 76.2 cm³/mol. The number of nitrogens with one attached hydrogen (secondary N) is 1. The molecule has 110 valence electrons. The molecule has 2 aromatic rings. The number of nitrogens with zero attached hydrogens (tertiary/aromatic N) is 2. The first-order chi connectivity index (χ1) is 10.1. The predicted octanol–water partition coefficient (Wildman–Crippen LogP) is 0.704. The van der Waals surface area contributed by atoms with E-state index in [-0.39, 0.29) is 12.7 Å². The molecular weight excluding hydrogens is 272 g/mol. The summed E-state index contributed by atoms with van der Waals surface area (Å²) in [5.74, 6) is 0.882. The topological polar surface area (TPSA) is 91.4 Å². The van der Waals surface area contributed by atoms with E-state index in [0.717, 1.165) is 5.69 Å². The van der Waals surface area contributed by atoms with Crippen LogP contribution >= 0.6 is 0 Å². The van der Waals surface area contributed by atoms with E-state index in [0.29, 0.717) is 35.7 Å². The number of fused-ring (bicyclic) bond motifs is 1. The van der Waals surface area contributed by atoms with Gasteiger partial charge in [-0.1, -0.05) is 0 Å². The van der Waals surface area contributed by atoms with Crippen LogP contribution in [-0.2, 0) is 13.5 Å². The number of amides is 1. The van der Waals surface area contributed by atoms with Crippen LogP contribution in [0.25, 0.3) is 0 Å². The van der Waals surface area contributed by atoms with E-state index < -0.39 is 0 Å². The highest BCUT2D eigenvalue weighted by atomic mass is 16.7. The van der Waals surface area contributed by atoms with E-state index in [1.165, 1.54) is 0 Å². The maximum absolute atomic E-state index is 12.2. The summed E-state index contributed by atoms with van der Waals surface area (Å²) >= 11 is 0. The van der Waals surface area contributed by atoms with Crippen molar-refractivity contribution in [2.24, 2.45) is 7.05 Å². The number of benzene rings is 1. The molecule has 2 heterocycles. The lowest BCUT2D eigenvalue weighted by molar-refractivity contribution is 0.0954. The monoisotopic (exact) mass is 288 g/mol. The van der Waals surface area contributed by atoms with Crippen LogP contribution < -0.4 is 20.5 Å². The molecule has 0 atom stereocenters. The van der Waals surface area contributed by atoms with Gasteiger partial charge in [0.2, 0.25) is 6.79 Å². The van der Waals surface area contributed by atoms with Gasteiger partial charge in [0.1, 0.15) is 0 Å². The SMILES string of the molecule is Cn1nccc1CCNC(=O)c1cc2c(cc1N)OCO2. The zero-order chi connectivity index (χ0) is 14.8. The first-order valence-corrected chi connectivity index (χ1v) is 6.59. The highest BCUT2D eigenvalue weighted by molar-refractivity contribution is 6.00. The van der Waals surface area contributed by atoms with Crippen molar-refractivity contribution in [3.63, 3.8) is 0 Å². The van der Waals surface area contributed by atoms with Gasteiger partial charge in [0.05, 0.1) is 5.56 Å². The Morgan fingerprint density at radius 1 is 1.43 bits per heavy atom. The molecule has 3 N–H and O–H groups in total. The molecule has 1 amide bonds. The third-order valence-corrected chi connectivity index (χ3v) is 3.38. The van der Waals surface area contributed by atoms with Gasteiger partial charge < -0.3 is 20.5 Å². The minimum atomic E-state index is -0.229. The summed E-state index contributed by atoms with van der Waals surface area (Å²) in [7, 11) is 1.87. The number of nitrogen functional groups attached to an aromatic ring is 1. The van der Waals surface area contributed by atoms with Crippen molar-refractivity contribution in [3.8, 4) is 11.5 Å². The molecule has 7 nitrogen and oxygen atoms in total. The van der Waals surface area contributed by atoms with E-state index in [4.69, 9.17) is 15.2 Å². The number of nitrogens with two attached hydrogens (primary N) is 1. The number of hydrogen-bond acceptors (Lipinski definition) is 5. The Morgan fingerprint density at radius 2 is 2.19 bits per heavy atom. The maximum Gasteiger partial charge on any atom is 0.253 e. The highest BCUT2D eigenvalue weighted by Gasteiger charge is 2.19. The number of hydrogen-bond donors (Lipinski definition) is 2.